The standard InChI is InChI=1S/C11H12Cl2N2O4/c1-19-8(10(16)17)5-14-11(18)15-7-4-2-3-6(12)9(7)13/h2-4,8H,5H2,1H3,(H,16,17)(H2,14,15,18). The highest BCUT2D eigenvalue weighted by molar-refractivity contribution is 6.43. The van der Waals surface area contributed by atoms with Crippen LogP contribution in [0.15, 0.2) is 18.2 Å². The monoisotopic (exact) mass is 306 g/mol. The molecule has 0 aromatic heterocycles. The maximum absolute atomic E-state index is 11.5. The van der Waals surface area contributed by atoms with Gasteiger partial charge in [0.2, 0.25) is 0 Å². The number of hydrogen-bond acceptors (Lipinski definition) is 3. The number of hydrogen-bond donors (Lipinski definition) is 3. The quantitative estimate of drug-likeness (QED) is 0.778. The van der Waals surface area contributed by atoms with Gasteiger partial charge in [0, 0.05) is 7.11 Å². The van der Waals surface area contributed by atoms with Crippen molar-refractivity contribution in [3.63, 3.8) is 0 Å². The van der Waals surface area contributed by atoms with E-state index in [0.717, 1.165) is 0 Å². The van der Waals surface area contributed by atoms with Crippen LogP contribution < -0.4 is 10.6 Å². The van der Waals surface area contributed by atoms with Gasteiger partial charge in [-0.1, -0.05) is 29.3 Å². The lowest BCUT2D eigenvalue weighted by Crippen LogP contribution is -2.39. The number of methoxy groups -OCH3 is 1. The van der Waals surface area contributed by atoms with Crippen LogP contribution in [0.3, 0.4) is 0 Å². The Morgan fingerprint density at radius 3 is 2.68 bits per heavy atom. The summed E-state index contributed by atoms with van der Waals surface area (Å²) in [5, 5.41) is 14.0. The smallest absolute Gasteiger partial charge is 0.334 e. The number of rotatable bonds is 5. The van der Waals surface area contributed by atoms with E-state index >= 15 is 0 Å². The molecule has 6 nitrogen and oxygen atoms in total. The van der Waals surface area contributed by atoms with Crippen molar-refractivity contribution < 1.29 is 19.4 Å². The maximum Gasteiger partial charge on any atom is 0.334 e. The van der Waals surface area contributed by atoms with E-state index in [2.05, 4.69) is 15.4 Å². The summed E-state index contributed by atoms with van der Waals surface area (Å²) < 4.78 is 4.67. The second-order valence-corrected chi connectivity index (χ2v) is 4.28. The van der Waals surface area contributed by atoms with Gasteiger partial charge >= 0.3 is 12.0 Å². The number of ether oxygens (including phenoxy) is 1. The number of benzene rings is 1. The molecule has 2 amide bonds. The fourth-order valence-corrected chi connectivity index (χ4v) is 1.57. The van der Waals surface area contributed by atoms with Crippen LogP contribution in [0.4, 0.5) is 10.5 Å². The number of halogens is 2. The topological polar surface area (TPSA) is 87.7 Å². The maximum atomic E-state index is 11.5. The second-order valence-electron chi connectivity index (χ2n) is 3.50. The summed E-state index contributed by atoms with van der Waals surface area (Å²) in [5.74, 6) is -1.16. The molecule has 0 aliphatic heterocycles. The van der Waals surface area contributed by atoms with E-state index in [-0.39, 0.29) is 11.6 Å². The van der Waals surface area contributed by atoms with Crippen molar-refractivity contribution in [1.82, 2.24) is 5.32 Å². The number of carbonyl (C=O) groups is 2. The number of aliphatic carboxylic acids is 1. The van der Waals surface area contributed by atoms with E-state index in [9.17, 15) is 9.59 Å². The van der Waals surface area contributed by atoms with Crippen molar-refractivity contribution in [3.8, 4) is 0 Å². The molecule has 8 heteroatoms. The molecule has 0 radical (unpaired) electrons. The van der Waals surface area contributed by atoms with Gasteiger partial charge in [0.15, 0.2) is 6.10 Å². The van der Waals surface area contributed by atoms with Crippen molar-refractivity contribution in [2.24, 2.45) is 0 Å². The molecule has 0 spiro atoms. The number of carboxylic acid groups (broad SMARTS) is 1. The summed E-state index contributed by atoms with van der Waals surface area (Å²) in [4.78, 5) is 22.2. The molecule has 0 saturated carbocycles. The SMILES string of the molecule is COC(CNC(=O)Nc1cccc(Cl)c1Cl)C(=O)O. The molecule has 0 aliphatic carbocycles. The van der Waals surface area contributed by atoms with Crippen LogP contribution in [-0.2, 0) is 9.53 Å². The molecule has 1 rings (SSSR count). The van der Waals surface area contributed by atoms with Gasteiger partial charge in [-0.3, -0.25) is 0 Å². The number of carboxylic acids is 1. The van der Waals surface area contributed by atoms with E-state index in [4.69, 9.17) is 28.3 Å². The first-order valence-corrected chi connectivity index (χ1v) is 5.95. The number of anilines is 1. The molecular formula is C11H12Cl2N2O4. The predicted octanol–water partition coefficient (Wildman–Crippen LogP) is 2.21. The van der Waals surface area contributed by atoms with E-state index in [1.807, 2.05) is 0 Å². The molecule has 1 aromatic carbocycles. The summed E-state index contributed by atoms with van der Waals surface area (Å²) in [5.41, 5.74) is 0.330. The van der Waals surface area contributed by atoms with E-state index in [1.54, 1.807) is 18.2 Å². The average molecular weight is 307 g/mol. The molecular weight excluding hydrogens is 295 g/mol. The fourth-order valence-electron chi connectivity index (χ4n) is 1.22. The first kappa shape index (κ1) is 15.6. The summed E-state index contributed by atoms with van der Waals surface area (Å²) in [6, 6.07) is 4.17. The van der Waals surface area contributed by atoms with Crippen LogP contribution >= 0.6 is 23.2 Å². The largest absolute Gasteiger partial charge is 0.479 e. The van der Waals surface area contributed by atoms with Gasteiger partial charge in [-0.25, -0.2) is 9.59 Å². The third-order valence-electron chi connectivity index (χ3n) is 2.21. The van der Waals surface area contributed by atoms with Gasteiger partial charge < -0.3 is 20.5 Å². The van der Waals surface area contributed by atoms with Gasteiger partial charge in [-0.15, -0.1) is 0 Å². The Morgan fingerprint density at radius 2 is 2.11 bits per heavy atom. The van der Waals surface area contributed by atoms with Gasteiger partial charge in [-0.05, 0) is 12.1 Å². The van der Waals surface area contributed by atoms with Gasteiger partial charge in [0.1, 0.15) is 0 Å². The summed E-state index contributed by atoms with van der Waals surface area (Å²) in [7, 11) is 1.24. The Morgan fingerprint density at radius 1 is 1.42 bits per heavy atom. The van der Waals surface area contributed by atoms with Crippen LogP contribution in [0.5, 0.6) is 0 Å². The predicted molar refractivity (Wildman–Crippen MR) is 71.9 cm³/mol. The Kier molecular flexibility index (Phi) is 5.88. The second kappa shape index (κ2) is 7.18. The van der Waals surface area contributed by atoms with Crippen molar-refractivity contribution >= 4 is 40.9 Å². The average Bonchev–Trinajstić information content (AvgIpc) is 2.35. The van der Waals surface area contributed by atoms with E-state index in [1.165, 1.54) is 7.11 Å². The lowest BCUT2D eigenvalue weighted by Gasteiger charge is -2.13. The van der Waals surface area contributed by atoms with Crippen LogP contribution in [-0.4, -0.2) is 36.9 Å². The molecule has 0 saturated heterocycles. The lowest BCUT2D eigenvalue weighted by molar-refractivity contribution is -0.147. The van der Waals surface area contributed by atoms with Crippen LogP contribution in [0.2, 0.25) is 10.0 Å². The molecule has 104 valence electrons. The molecule has 0 heterocycles. The van der Waals surface area contributed by atoms with E-state index in [0.29, 0.717) is 10.7 Å². The summed E-state index contributed by atoms with van der Waals surface area (Å²) in [6.07, 6.45) is -1.11. The highest BCUT2D eigenvalue weighted by Gasteiger charge is 2.17. The summed E-state index contributed by atoms with van der Waals surface area (Å²) >= 11 is 11.7. The molecule has 0 fully saturated rings. The van der Waals surface area contributed by atoms with Crippen LogP contribution in [0.1, 0.15) is 0 Å². The van der Waals surface area contributed by atoms with Crippen molar-refractivity contribution in [3.05, 3.63) is 28.2 Å². The lowest BCUT2D eigenvalue weighted by atomic mass is 10.3. The van der Waals surface area contributed by atoms with Crippen LogP contribution in [0.25, 0.3) is 0 Å². The Balaban J connectivity index is 2.56. The number of amides is 2. The van der Waals surface area contributed by atoms with Crippen LogP contribution in [0, 0.1) is 0 Å². The molecule has 1 atom stereocenters. The normalized spacial score (nSPS) is 11.7. The highest BCUT2D eigenvalue weighted by Crippen LogP contribution is 2.29. The zero-order valence-electron chi connectivity index (χ0n) is 9.94. The Labute approximate surface area is 119 Å². The Bertz CT molecular complexity index is 482. The first-order valence-electron chi connectivity index (χ1n) is 5.20. The third kappa shape index (κ3) is 4.59. The number of nitrogens with one attached hydrogen (secondary N) is 2. The van der Waals surface area contributed by atoms with Gasteiger partial charge in [0.25, 0.3) is 0 Å². The minimum atomic E-state index is -1.16. The van der Waals surface area contributed by atoms with Gasteiger partial charge in [-0.2, -0.15) is 0 Å². The number of carbonyl (C=O) groups excluding carboxylic acids is 1. The number of urea groups is 1. The highest BCUT2D eigenvalue weighted by atomic mass is 35.5. The molecule has 3 N–H and O–H groups in total. The first-order chi connectivity index (χ1) is 8.95. The molecule has 1 unspecified atom stereocenters. The summed E-state index contributed by atoms with van der Waals surface area (Å²) in [6.45, 7) is -0.171. The van der Waals surface area contributed by atoms with Crippen molar-refractivity contribution in [2.75, 3.05) is 19.0 Å². The third-order valence-corrected chi connectivity index (χ3v) is 3.03. The minimum Gasteiger partial charge on any atom is -0.479 e. The molecule has 0 aliphatic rings. The minimum absolute atomic E-state index is 0.171. The molecule has 1 aromatic rings. The Hall–Kier alpha value is -1.50. The van der Waals surface area contributed by atoms with E-state index < -0.39 is 18.1 Å². The fraction of sp³-hybridized carbons (Fsp3) is 0.273. The zero-order chi connectivity index (χ0) is 14.4. The zero-order valence-corrected chi connectivity index (χ0v) is 11.5. The van der Waals surface area contributed by atoms with Gasteiger partial charge in [0.05, 0.1) is 22.3 Å². The van der Waals surface area contributed by atoms with Crippen molar-refractivity contribution in [1.29, 1.82) is 0 Å². The molecule has 0 bridgehead atoms. The molecule has 19 heavy (non-hydrogen) atoms. The van der Waals surface area contributed by atoms with Crippen molar-refractivity contribution in [2.45, 2.75) is 6.10 Å².